The van der Waals surface area contributed by atoms with Gasteiger partial charge in [-0.05, 0) is 62.3 Å². The molecule has 12 nitrogen and oxygen atoms in total. The summed E-state index contributed by atoms with van der Waals surface area (Å²) in [4.78, 5) is 28.6. The van der Waals surface area contributed by atoms with Crippen molar-refractivity contribution in [1.29, 1.82) is 0 Å². The lowest BCUT2D eigenvalue weighted by atomic mass is 10.0. The highest BCUT2D eigenvalue weighted by Crippen LogP contribution is 2.37. The molecule has 0 bridgehead atoms. The van der Waals surface area contributed by atoms with Crippen LogP contribution in [0.25, 0.3) is 5.57 Å². The summed E-state index contributed by atoms with van der Waals surface area (Å²) in [6.07, 6.45) is -0.0835. The first-order valence-corrected chi connectivity index (χ1v) is 19.2. The number of alkyl carbamates (subject to hydrolysis) is 1. The van der Waals surface area contributed by atoms with Gasteiger partial charge < -0.3 is 34.9 Å². The Balaban J connectivity index is 1.40. The summed E-state index contributed by atoms with van der Waals surface area (Å²) in [5.74, 6) is -0.387. The average Bonchev–Trinajstić information content (AvgIpc) is 3.79. The van der Waals surface area contributed by atoms with Gasteiger partial charge in [0.25, 0.3) is 5.91 Å². The number of rotatable bonds is 16. The van der Waals surface area contributed by atoms with Crippen LogP contribution in [0.15, 0.2) is 59.1 Å². The normalized spacial score (nSPS) is 22.2. The number of aliphatic hydroxyl groups is 1. The highest BCUT2D eigenvalue weighted by Gasteiger charge is 2.44. The Kier molecular flexibility index (Phi) is 12.6. The second-order valence-corrected chi connectivity index (χ2v) is 15.7. The van der Waals surface area contributed by atoms with Crippen LogP contribution in [0.5, 0.6) is 0 Å². The Morgan fingerprint density at radius 2 is 1.80 bits per heavy atom. The van der Waals surface area contributed by atoms with Gasteiger partial charge in [0.15, 0.2) is 6.29 Å². The number of allylic oxidation sites excluding steroid dienone is 1. The van der Waals surface area contributed by atoms with Gasteiger partial charge in [-0.15, -0.1) is 0 Å². The van der Waals surface area contributed by atoms with E-state index in [0.717, 1.165) is 43.6 Å². The van der Waals surface area contributed by atoms with E-state index in [1.54, 1.807) is 12.1 Å². The minimum absolute atomic E-state index is 0.0185. The van der Waals surface area contributed by atoms with E-state index in [1.807, 2.05) is 51.1 Å². The fraction of sp³-hybridized carbons (Fsp3) is 0.568. The van der Waals surface area contributed by atoms with E-state index in [4.69, 9.17) is 14.2 Å². The Hall–Kier alpha value is -3.49. The van der Waals surface area contributed by atoms with Gasteiger partial charge in [0, 0.05) is 43.1 Å². The number of sulfonamides is 1. The van der Waals surface area contributed by atoms with Crippen LogP contribution in [0, 0.1) is 11.8 Å². The van der Waals surface area contributed by atoms with Gasteiger partial charge in [0.1, 0.15) is 6.10 Å². The maximum absolute atomic E-state index is 14.4. The van der Waals surface area contributed by atoms with Crippen molar-refractivity contribution in [2.75, 3.05) is 44.7 Å². The molecule has 50 heavy (non-hydrogen) atoms. The second kappa shape index (κ2) is 16.7. The number of carbonyl (C=O) groups is 2. The molecule has 2 fully saturated rings. The molecule has 3 heterocycles. The molecular weight excluding hydrogens is 660 g/mol. The molecule has 2 saturated heterocycles. The molecule has 3 aliphatic rings. The smallest absolute Gasteiger partial charge is 0.407 e. The number of nitrogens with one attached hydrogen (secondary N) is 2. The van der Waals surface area contributed by atoms with Crippen molar-refractivity contribution >= 4 is 33.3 Å². The summed E-state index contributed by atoms with van der Waals surface area (Å²) in [6, 6.07) is 13.2. The van der Waals surface area contributed by atoms with Gasteiger partial charge in [-0.25, -0.2) is 13.2 Å². The first kappa shape index (κ1) is 37.8. The number of hydrogen-bond acceptors (Lipinski definition) is 9. The summed E-state index contributed by atoms with van der Waals surface area (Å²) in [6.45, 7) is 12.0. The van der Waals surface area contributed by atoms with E-state index < -0.39 is 34.4 Å². The van der Waals surface area contributed by atoms with E-state index >= 15 is 0 Å². The molecule has 5 atom stereocenters. The predicted octanol–water partition coefficient (Wildman–Crippen LogP) is 4.60. The molecule has 0 spiro atoms. The molecule has 274 valence electrons. The molecule has 0 aliphatic carbocycles. The average molecular weight is 713 g/mol. The summed E-state index contributed by atoms with van der Waals surface area (Å²) in [5, 5.41) is 17.4. The van der Waals surface area contributed by atoms with Gasteiger partial charge in [-0.3, -0.25) is 4.79 Å². The molecule has 3 N–H and O–H groups in total. The number of hydrogen-bond donors (Lipinski definition) is 3. The van der Waals surface area contributed by atoms with Gasteiger partial charge in [0.05, 0.1) is 41.7 Å². The molecule has 2 aromatic rings. The highest BCUT2D eigenvalue weighted by molar-refractivity contribution is 7.89. The van der Waals surface area contributed by atoms with Crippen molar-refractivity contribution < 1.29 is 37.3 Å². The third-order valence-electron chi connectivity index (χ3n) is 9.47. The van der Waals surface area contributed by atoms with Crippen molar-refractivity contribution in [2.45, 2.75) is 89.7 Å². The van der Waals surface area contributed by atoms with E-state index in [2.05, 4.69) is 29.4 Å². The van der Waals surface area contributed by atoms with Gasteiger partial charge in [-0.2, -0.15) is 4.31 Å². The predicted molar refractivity (Wildman–Crippen MR) is 191 cm³/mol. The van der Waals surface area contributed by atoms with Crippen LogP contribution in [0.3, 0.4) is 0 Å². The van der Waals surface area contributed by atoms with Gasteiger partial charge in [-0.1, -0.05) is 58.0 Å². The Bertz CT molecular complexity index is 1630. The summed E-state index contributed by atoms with van der Waals surface area (Å²) < 4.78 is 46.9. The fourth-order valence-corrected chi connectivity index (χ4v) is 8.64. The van der Waals surface area contributed by atoms with Crippen LogP contribution < -0.4 is 10.6 Å². The minimum Gasteiger partial charge on any atom is -0.443 e. The summed E-state index contributed by atoms with van der Waals surface area (Å²) in [7, 11) is -4.16. The molecule has 2 aromatic carbocycles. The number of benzene rings is 2. The molecule has 5 rings (SSSR count). The number of aliphatic hydroxyl groups excluding tert-OH is 1. The number of amides is 2. The molecule has 2 amide bonds. The van der Waals surface area contributed by atoms with Crippen LogP contribution in [-0.2, 0) is 35.4 Å². The molecule has 0 aromatic heterocycles. The zero-order chi connectivity index (χ0) is 36.0. The van der Waals surface area contributed by atoms with Crippen molar-refractivity contribution in [3.05, 3.63) is 65.4 Å². The molecule has 5 unspecified atom stereocenters. The zero-order valence-electron chi connectivity index (χ0n) is 29.8. The Morgan fingerprint density at radius 3 is 2.48 bits per heavy atom. The van der Waals surface area contributed by atoms with Gasteiger partial charge >= 0.3 is 6.09 Å². The van der Waals surface area contributed by atoms with E-state index in [-0.39, 0.29) is 55.0 Å². The number of ether oxygens (including phenoxy) is 3. The number of carbonyl (C=O) groups excluding carboxylic acids is 2. The van der Waals surface area contributed by atoms with Crippen LogP contribution in [0.4, 0.5) is 10.5 Å². The summed E-state index contributed by atoms with van der Waals surface area (Å²) >= 11 is 0. The van der Waals surface area contributed by atoms with E-state index in [9.17, 15) is 23.1 Å². The maximum Gasteiger partial charge on any atom is 0.407 e. The third kappa shape index (κ3) is 8.68. The van der Waals surface area contributed by atoms with Crippen LogP contribution >= 0.6 is 0 Å². The standard InChI is InChI=1S/C37H52N4O8S/c1-6-16-40(17-7-2)25(5)34-29-20-27(13-14-30(29)38-35(34)43)50(45,46)41(21-24(3)4)22-32(42)31(19-26-11-9-8-10-12-26)39-37(44)49-33-23-48-36-28(33)15-18-47-36/h8-14,20,24,28,31-33,36,42H,6-7,15-19,21-23H2,1-5H3,(H,38,43)(H,39,44)/b34-25+. The van der Waals surface area contributed by atoms with Crippen molar-refractivity contribution in [2.24, 2.45) is 11.8 Å². The largest absolute Gasteiger partial charge is 0.443 e. The quantitative estimate of drug-likeness (QED) is 0.213. The van der Waals surface area contributed by atoms with Crippen LogP contribution in [0.1, 0.15) is 65.0 Å². The minimum atomic E-state index is -4.16. The maximum atomic E-state index is 14.4. The van der Waals surface area contributed by atoms with Crippen molar-refractivity contribution in [3.8, 4) is 0 Å². The highest BCUT2D eigenvalue weighted by atomic mass is 32.2. The molecule has 13 heteroatoms. The molecular formula is C37H52N4O8S. The third-order valence-corrected chi connectivity index (χ3v) is 11.3. The molecule has 0 saturated carbocycles. The lowest BCUT2D eigenvalue weighted by Crippen LogP contribution is -2.51. The fourth-order valence-electron chi connectivity index (χ4n) is 7.00. The topological polar surface area (TPSA) is 147 Å². The number of anilines is 1. The number of nitrogens with zero attached hydrogens (tertiary/aromatic N) is 2. The zero-order valence-corrected chi connectivity index (χ0v) is 30.6. The first-order valence-electron chi connectivity index (χ1n) is 17.8. The monoisotopic (exact) mass is 712 g/mol. The lowest BCUT2D eigenvalue weighted by Gasteiger charge is -2.31. The Morgan fingerprint density at radius 1 is 1.08 bits per heavy atom. The number of fused-ring (bicyclic) bond motifs is 2. The second-order valence-electron chi connectivity index (χ2n) is 13.8. The van der Waals surface area contributed by atoms with Crippen LogP contribution in [0.2, 0.25) is 0 Å². The first-order chi connectivity index (χ1) is 23.9. The van der Waals surface area contributed by atoms with E-state index in [0.29, 0.717) is 23.4 Å². The summed E-state index contributed by atoms with van der Waals surface area (Å²) in [5.41, 5.74) is 3.21. The van der Waals surface area contributed by atoms with Crippen molar-refractivity contribution in [1.82, 2.24) is 14.5 Å². The van der Waals surface area contributed by atoms with Gasteiger partial charge in [0.2, 0.25) is 10.0 Å². The van der Waals surface area contributed by atoms with Crippen LogP contribution in [-0.4, -0.2) is 98.7 Å². The SMILES string of the molecule is CCCN(CCC)/C(C)=C1/C(=O)Nc2ccc(S(=O)(=O)N(CC(C)C)CC(O)C(Cc3ccccc3)NC(=O)OC3COC4OCCC34)cc21. The molecule has 3 aliphatic heterocycles. The Labute approximate surface area is 296 Å². The molecule has 0 radical (unpaired) electrons. The van der Waals surface area contributed by atoms with Crippen molar-refractivity contribution in [3.63, 3.8) is 0 Å². The lowest BCUT2D eigenvalue weighted by molar-refractivity contribution is -0.110. The van der Waals surface area contributed by atoms with E-state index in [1.165, 1.54) is 10.4 Å².